The van der Waals surface area contributed by atoms with Gasteiger partial charge in [-0.25, -0.2) is 0 Å². The Hall–Kier alpha value is -2.08. The number of benzene rings is 1. The zero-order valence-electron chi connectivity index (χ0n) is 14.7. The topological polar surface area (TPSA) is 63.6 Å². The smallest absolute Gasteiger partial charge is 0.192 e. The summed E-state index contributed by atoms with van der Waals surface area (Å²) in [6.07, 6.45) is 4.17. The summed E-state index contributed by atoms with van der Waals surface area (Å²) in [7, 11) is 0. The lowest BCUT2D eigenvalue weighted by Crippen LogP contribution is -2.14. The largest absolute Gasteiger partial charge is 0.360 e. The van der Waals surface area contributed by atoms with Crippen molar-refractivity contribution in [1.29, 1.82) is 0 Å². The second-order valence-electron chi connectivity index (χ2n) is 6.97. The van der Waals surface area contributed by atoms with Crippen molar-refractivity contribution in [1.82, 2.24) is 19.7 Å². The van der Waals surface area contributed by atoms with E-state index < -0.39 is 0 Å². The molecule has 4 rings (SSSR count). The third-order valence-corrected chi connectivity index (χ3v) is 5.68. The molecule has 0 spiro atoms. The fourth-order valence-corrected chi connectivity index (χ4v) is 4.14. The summed E-state index contributed by atoms with van der Waals surface area (Å²) in [6, 6.07) is 8.41. The number of H-pyrrole nitrogens is 1. The van der Waals surface area contributed by atoms with Crippen LogP contribution in [0.4, 0.5) is 0 Å². The molecule has 2 aromatic heterocycles. The van der Waals surface area contributed by atoms with E-state index in [4.69, 9.17) is 0 Å². The molecule has 0 unspecified atom stereocenters. The van der Waals surface area contributed by atoms with Gasteiger partial charge in [-0.3, -0.25) is 4.79 Å². The van der Waals surface area contributed by atoms with Crippen LogP contribution in [0.2, 0.25) is 0 Å². The molecule has 25 heavy (non-hydrogen) atoms. The molecular formula is C19H22N4OS. The molecule has 1 aliphatic carbocycles. The second kappa shape index (κ2) is 6.33. The van der Waals surface area contributed by atoms with Crippen LogP contribution in [0.3, 0.4) is 0 Å². The van der Waals surface area contributed by atoms with Gasteiger partial charge >= 0.3 is 0 Å². The summed E-state index contributed by atoms with van der Waals surface area (Å²) in [6.45, 7) is 6.23. The van der Waals surface area contributed by atoms with Gasteiger partial charge in [0.05, 0.1) is 5.25 Å². The normalized spacial score (nSPS) is 15.8. The van der Waals surface area contributed by atoms with Crippen molar-refractivity contribution in [2.75, 3.05) is 0 Å². The Labute approximate surface area is 151 Å². The first-order valence-electron chi connectivity index (χ1n) is 8.78. The molecule has 1 saturated carbocycles. The maximum atomic E-state index is 13.0. The Morgan fingerprint density at radius 2 is 2.00 bits per heavy atom. The summed E-state index contributed by atoms with van der Waals surface area (Å²) < 4.78 is 2.24. The summed E-state index contributed by atoms with van der Waals surface area (Å²) in [4.78, 5) is 16.1. The Morgan fingerprint density at radius 3 is 2.72 bits per heavy atom. The van der Waals surface area contributed by atoms with E-state index >= 15 is 0 Å². The van der Waals surface area contributed by atoms with Crippen LogP contribution in [0.1, 0.15) is 61.8 Å². The lowest BCUT2D eigenvalue weighted by Gasteiger charge is -2.13. The third-order valence-electron chi connectivity index (χ3n) is 4.63. The molecule has 6 heteroatoms. The number of hydrogen-bond donors (Lipinski definition) is 1. The minimum atomic E-state index is -0.207. The summed E-state index contributed by atoms with van der Waals surface area (Å²) in [5.74, 6) is 1.48. The summed E-state index contributed by atoms with van der Waals surface area (Å²) >= 11 is 1.52. The van der Waals surface area contributed by atoms with E-state index in [-0.39, 0.29) is 11.0 Å². The Balaban J connectivity index is 1.60. The first-order valence-corrected chi connectivity index (χ1v) is 9.66. The maximum absolute atomic E-state index is 13.0. The molecule has 0 saturated heterocycles. The number of carbonyl (C=O) groups is 1. The number of carbonyl (C=O) groups excluding carboxylic acids is 1. The highest BCUT2D eigenvalue weighted by Gasteiger charge is 2.32. The van der Waals surface area contributed by atoms with Crippen LogP contribution >= 0.6 is 11.8 Å². The van der Waals surface area contributed by atoms with E-state index in [0.717, 1.165) is 27.4 Å². The molecule has 0 radical (unpaired) electrons. The molecule has 3 aromatic rings. The fourth-order valence-electron chi connectivity index (χ4n) is 3.14. The highest BCUT2D eigenvalue weighted by Crippen LogP contribution is 2.41. The van der Waals surface area contributed by atoms with Crippen LogP contribution in [-0.4, -0.2) is 30.8 Å². The summed E-state index contributed by atoms with van der Waals surface area (Å²) in [5, 5.41) is 10.4. The van der Waals surface area contributed by atoms with E-state index in [0.29, 0.717) is 12.0 Å². The second-order valence-corrected chi connectivity index (χ2v) is 8.28. The first-order chi connectivity index (χ1) is 12.1. The van der Waals surface area contributed by atoms with Gasteiger partial charge in [-0.2, -0.15) is 0 Å². The number of fused-ring (bicyclic) bond motifs is 1. The van der Waals surface area contributed by atoms with Crippen LogP contribution in [0, 0.1) is 0 Å². The average Bonchev–Trinajstić information content (AvgIpc) is 3.20. The van der Waals surface area contributed by atoms with Crippen molar-refractivity contribution in [2.45, 2.75) is 56.0 Å². The van der Waals surface area contributed by atoms with Gasteiger partial charge in [0.25, 0.3) is 0 Å². The lowest BCUT2D eigenvalue weighted by molar-refractivity contribution is 0.0995. The van der Waals surface area contributed by atoms with Crippen molar-refractivity contribution in [3.8, 4) is 0 Å². The van der Waals surface area contributed by atoms with E-state index in [1.807, 2.05) is 37.4 Å². The van der Waals surface area contributed by atoms with Crippen LogP contribution in [0.5, 0.6) is 0 Å². The number of nitrogens with one attached hydrogen (secondary N) is 1. The zero-order chi connectivity index (χ0) is 17.6. The third kappa shape index (κ3) is 2.99. The Bertz CT molecular complexity index is 923. The predicted octanol–water partition coefficient (Wildman–Crippen LogP) is 4.58. The monoisotopic (exact) mass is 354 g/mol. The number of nitrogens with zero attached hydrogens (tertiary/aromatic N) is 3. The minimum absolute atomic E-state index is 0.124. The number of hydrogen-bond acceptors (Lipinski definition) is 4. The molecule has 0 aliphatic heterocycles. The van der Waals surface area contributed by atoms with Crippen LogP contribution < -0.4 is 0 Å². The van der Waals surface area contributed by atoms with Gasteiger partial charge in [0.15, 0.2) is 10.9 Å². The van der Waals surface area contributed by atoms with Crippen LogP contribution in [0.15, 0.2) is 35.6 Å². The molecule has 1 aromatic carbocycles. The van der Waals surface area contributed by atoms with E-state index in [2.05, 4.69) is 33.6 Å². The molecule has 1 N–H and O–H groups in total. The predicted molar refractivity (Wildman–Crippen MR) is 100 cm³/mol. The molecule has 2 heterocycles. The van der Waals surface area contributed by atoms with Gasteiger partial charge in [0.2, 0.25) is 0 Å². The van der Waals surface area contributed by atoms with Crippen molar-refractivity contribution >= 4 is 28.4 Å². The molecule has 0 amide bonds. The first kappa shape index (κ1) is 16.4. The van der Waals surface area contributed by atoms with Crippen molar-refractivity contribution in [3.05, 3.63) is 41.9 Å². The zero-order valence-corrected chi connectivity index (χ0v) is 15.5. The SMILES string of the molecule is CC(C)c1nnc(S[C@@H](C)C(=O)c2c[nH]c3ccccc23)n1C1CC1. The van der Waals surface area contributed by atoms with Gasteiger partial charge in [-0.05, 0) is 25.8 Å². The molecular weight excluding hydrogens is 332 g/mol. The maximum Gasteiger partial charge on any atom is 0.192 e. The van der Waals surface area contributed by atoms with E-state index in [1.54, 1.807) is 0 Å². The number of thioether (sulfide) groups is 1. The number of Topliss-reactive ketones (excluding diaryl/α,β-unsaturated/α-hetero) is 1. The molecule has 1 atom stereocenters. The number of para-hydroxylation sites is 1. The fraction of sp³-hybridized carbons (Fsp3) is 0.421. The van der Waals surface area contributed by atoms with Crippen molar-refractivity contribution < 1.29 is 4.79 Å². The number of aromatic amines is 1. The highest BCUT2D eigenvalue weighted by atomic mass is 32.2. The van der Waals surface area contributed by atoms with Gasteiger partial charge in [-0.15, -0.1) is 10.2 Å². The average molecular weight is 354 g/mol. The number of ketones is 1. The highest BCUT2D eigenvalue weighted by molar-refractivity contribution is 8.00. The van der Waals surface area contributed by atoms with Gasteiger partial charge in [0, 0.05) is 34.6 Å². The Kier molecular flexibility index (Phi) is 4.15. The van der Waals surface area contributed by atoms with E-state index in [1.165, 1.54) is 24.6 Å². The van der Waals surface area contributed by atoms with Gasteiger partial charge < -0.3 is 9.55 Å². The molecule has 130 valence electrons. The molecule has 5 nitrogen and oxygen atoms in total. The Morgan fingerprint density at radius 1 is 1.24 bits per heavy atom. The molecule has 0 bridgehead atoms. The van der Waals surface area contributed by atoms with Crippen LogP contribution in [-0.2, 0) is 0 Å². The standard InChI is InChI=1S/C19H22N4OS/c1-11(2)18-21-22-19(23(18)13-8-9-13)25-12(3)17(24)15-10-20-16-7-5-4-6-14(15)16/h4-7,10-13,20H,8-9H2,1-3H3/t12-/m0/s1. The van der Waals surface area contributed by atoms with Gasteiger partial charge in [0.1, 0.15) is 5.82 Å². The molecule has 1 fully saturated rings. The quantitative estimate of drug-likeness (QED) is 0.520. The minimum Gasteiger partial charge on any atom is -0.360 e. The molecule has 1 aliphatic rings. The van der Waals surface area contributed by atoms with Crippen LogP contribution in [0.25, 0.3) is 10.9 Å². The van der Waals surface area contributed by atoms with Crippen molar-refractivity contribution in [2.24, 2.45) is 0 Å². The van der Waals surface area contributed by atoms with E-state index in [9.17, 15) is 4.79 Å². The lowest BCUT2D eigenvalue weighted by atomic mass is 10.1. The summed E-state index contributed by atoms with van der Waals surface area (Å²) in [5.41, 5.74) is 1.74. The van der Waals surface area contributed by atoms with Crippen molar-refractivity contribution in [3.63, 3.8) is 0 Å². The number of aromatic nitrogens is 4. The van der Waals surface area contributed by atoms with Gasteiger partial charge in [-0.1, -0.05) is 43.8 Å². The number of rotatable bonds is 6.